The third kappa shape index (κ3) is 2.98. The predicted octanol–water partition coefficient (Wildman–Crippen LogP) is 2.74. The van der Waals surface area contributed by atoms with E-state index in [2.05, 4.69) is 20.4 Å². The van der Waals surface area contributed by atoms with Crippen molar-refractivity contribution in [1.29, 1.82) is 0 Å². The van der Waals surface area contributed by atoms with E-state index in [1.807, 2.05) is 19.9 Å². The van der Waals surface area contributed by atoms with Crippen molar-refractivity contribution in [1.82, 2.24) is 19.7 Å². The molecule has 0 radical (unpaired) electrons. The van der Waals surface area contributed by atoms with E-state index in [0.717, 1.165) is 11.4 Å². The molecule has 23 heavy (non-hydrogen) atoms. The first kappa shape index (κ1) is 15.0. The molecule has 1 amide bonds. The highest BCUT2D eigenvalue weighted by Crippen LogP contribution is 2.17. The van der Waals surface area contributed by atoms with E-state index in [-0.39, 0.29) is 5.91 Å². The van der Waals surface area contributed by atoms with Gasteiger partial charge in [-0.1, -0.05) is 0 Å². The normalized spacial score (nSPS) is 10.8. The van der Waals surface area contributed by atoms with Gasteiger partial charge >= 0.3 is 0 Å². The van der Waals surface area contributed by atoms with Gasteiger partial charge in [0.1, 0.15) is 23.7 Å². The number of carbonyl (C=O) groups excluding carboxylic acids is 1. The second-order valence-corrected chi connectivity index (χ2v) is 5.38. The maximum Gasteiger partial charge on any atom is 0.260 e. The van der Waals surface area contributed by atoms with E-state index in [4.69, 9.17) is 4.42 Å². The summed E-state index contributed by atoms with van der Waals surface area (Å²) in [6.07, 6.45) is 1.40. The Hall–Kier alpha value is -2.96. The molecule has 0 unspecified atom stereocenters. The van der Waals surface area contributed by atoms with Gasteiger partial charge in [-0.25, -0.2) is 14.6 Å². The molecule has 3 rings (SSSR count). The Morgan fingerprint density at radius 1 is 1.13 bits per heavy atom. The van der Waals surface area contributed by atoms with Crippen molar-refractivity contribution in [3.8, 4) is 5.82 Å². The summed E-state index contributed by atoms with van der Waals surface area (Å²) < 4.78 is 7.09. The van der Waals surface area contributed by atoms with Crippen molar-refractivity contribution in [3.05, 3.63) is 53.0 Å². The largest absolute Gasteiger partial charge is 0.466 e. The molecule has 0 aliphatic heterocycles. The topological polar surface area (TPSA) is 85.8 Å². The van der Waals surface area contributed by atoms with Crippen molar-refractivity contribution in [2.24, 2.45) is 0 Å². The average molecular weight is 311 g/mol. The third-order valence-corrected chi connectivity index (χ3v) is 3.41. The first-order valence-electron chi connectivity index (χ1n) is 7.18. The lowest BCUT2D eigenvalue weighted by Crippen LogP contribution is -2.14. The molecule has 0 aliphatic carbocycles. The molecular formula is C16H17N5O2. The van der Waals surface area contributed by atoms with Gasteiger partial charge in [-0.2, -0.15) is 5.10 Å². The number of rotatable bonds is 3. The second kappa shape index (κ2) is 5.68. The minimum absolute atomic E-state index is 0.266. The van der Waals surface area contributed by atoms with Crippen LogP contribution < -0.4 is 5.32 Å². The highest BCUT2D eigenvalue weighted by Gasteiger charge is 2.15. The molecule has 7 heteroatoms. The van der Waals surface area contributed by atoms with Gasteiger partial charge in [0.15, 0.2) is 5.82 Å². The molecular weight excluding hydrogens is 294 g/mol. The molecule has 3 aromatic rings. The number of nitrogens with one attached hydrogen (secondary N) is 1. The quantitative estimate of drug-likeness (QED) is 0.803. The van der Waals surface area contributed by atoms with Gasteiger partial charge in [-0.05, 0) is 39.8 Å². The number of nitrogens with zero attached hydrogens (tertiary/aromatic N) is 4. The number of furan rings is 1. The first-order chi connectivity index (χ1) is 10.9. The molecule has 1 N–H and O–H groups in total. The lowest BCUT2D eigenvalue weighted by molar-refractivity contribution is 0.102. The molecule has 7 nitrogen and oxygen atoms in total. The zero-order valence-corrected chi connectivity index (χ0v) is 13.4. The molecule has 0 saturated heterocycles. The van der Waals surface area contributed by atoms with Crippen LogP contribution in [-0.2, 0) is 0 Å². The zero-order valence-electron chi connectivity index (χ0n) is 13.4. The van der Waals surface area contributed by atoms with Crippen LogP contribution in [0.25, 0.3) is 5.82 Å². The van der Waals surface area contributed by atoms with Crippen LogP contribution in [0.4, 0.5) is 5.82 Å². The standard InChI is InChI=1S/C16H17N5O2/c1-9-5-10(2)21(20-9)15-7-14(17-8-18-15)19-16(22)13-6-11(3)23-12(13)4/h5-8H,1-4H3,(H,17,18,19,22). The third-order valence-electron chi connectivity index (χ3n) is 3.41. The van der Waals surface area contributed by atoms with E-state index in [1.165, 1.54) is 6.33 Å². The summed E-state index contributed by atoms with van der Waals surface area (Å²) in [5, 5.41) is 7.13. The number of anilines is 1. The Morgan fingerprint density at radius 2 is 1.91 bits per heavy atom. The Balaban J connectivity index is 1.87. The van der Waals surface area contributed by atoms with Crippen molar-refractivity contribution in [2.75, 3.05) is 5.32 Å². The molecule has 0 spiro atoms. The summed E-state index contributed by atoms with van der Waals surface area (Å²) in [4.78, 5) is 20.6. The smallest absolute Gasteiger partial charge is 0.260 e. The lowest BCUT2D eigenvalue weighted by atomic mass is 10.2. The molecule has 0 atom stereocenters. The number of hydrogen-bond donors (Lipinski definition) is 1. The van der Waals surface area contributed by atoms with Gasteiger partial charge in [-0.15, -0.1) is 0 Å². The molecule has 0 fully saturated rings. The van der Waals surface area contributed by atoms with Gasteiger partial charge in [0.25, 0.3) is 5.91 Å². The number of carbonyl (C=O) groups is 1. The first-order valence-corrected chi connectivity index (χ1v) is 7.18. The lowest BCUT2D eigenvalue weighted by Gasteiger charge is -2.06. The van der Waals surface area contributed by atoms with Gasteiger partial charge in [0.2, 0.25) is 0 Å². The Bertz CT molecular complexity index is 878. The van der Waals surface area contributed by atoms with E-state index in [1.54, 1.807) is 30.7 Å². The predicted molar refractivity (Wildman–Crippen MR) is 84.8 cm³/mol. The monoisotopic (exact) mass is 311 g/mol. The molecule has 0 aromatic carbocycles. The SMILES string of the molecule is Cc1cc(C)n(-c2cc(NC(=O)c3cc(C)oc3C)ncn2)n1. The van der Waals surface area contributed by atoms with Gasteiger partial charge in [-0.3, -0.25) is 4.79 Å². The zero-order chi connectivity index (χ0) is 16.6. The van der Waals surface area contributed by atoms with Gasteiger partial charge in [0, 0.05) is 11.8 Å². The highest BCUT2D eigenvalue weighted by molar-refractivity contribution is 6.04. The van der Waals surface area contributed by atoms with E-state index < -0.39 is 0 Å². The van der Waals surface area contributed by atoms with Crippen LogP contribution in [0.3, 0.4) is 0 Å². The van der Waals surface area contributed by atoms with Crippen LogP contribution in [0.5, 0.6) is 0 Å². The molecule has 3 aromatic heterocycles. The van der Waals surface area contributed by atoms with Crippen molar-refractivity contribution < 1.29 is 9.21 Å². The van der Waals surface area contributed by atoms with Gasteiger partial charge < -0.3 is 9.73 Å². The summed E-state index contributed by atoms with van der Waals surface area (Å²) >= 11 is 0. The molecule has 0 saturated carbocycles. The maximum absolute atomic E-state index is 12.3. The number of hydrogen-bond acceptors (Lipinski definition) is 5. The van der Waals surface area contributed by atoms with Crippen LogP contribution in [0.1, 0.15) is 33.3 Å². The average Bonchev–Trinajstić information content (AvgIpc) is 3.00. The Labute approximate surface area is 133 Å². The number of aryl methyl sites for hydroxylation is 4. The molecule has 118 valence electrons. The fraction of sp³-hybridized carbons (Fsp3) is 0.250. The summed E-state index contributed by atoms with van der Waals surface area (Å²) in [5.74, 6) is 2.01. The Kier molecular flexibility index (Phi) is 3.69. The maximum atomic E-state index is 12.3. The summed E-state index contributed by atoms with van der Waals surface area (Å²) in [5.41, 5.74) is 2.35. The fourth-order valence-corrected chi connectivity index (χ4v) is 2.43. The minimum Gasteiger partial charge on any atom is -0.466 e. The highest BCUT2D eigenvalue weighted by atomic mass is 16.3. The summed E-state index contributed by atoms with van der Waals surface area (Å²) in [6.45, 7) is 7.41. The molecule has 3 heterocycles. The minimum atomic E-state index is -0.266. The number of aromatic nitrogens is 4. The molecule has 0 aliphatic rings. The van der Waals surface area contributed by atoms with Crippen LogP contribution in [0.15, 0.2) is 28.9 Å². The summed E-state index contributed by atoms with van der Waals surface area (Å²) in [6, 6.07) is 5.34. The van der Waals surface area contributed by atoms with Gasteiger partial charge in [0.05, 0.1) is 11.3 Å². The van der Waals surface area contributed by atoms with Crippen molar-refractivity contribution >= 4 is 11.7 Å². The van der Waals surface area contributed by atoms with E-state index in [0.29, 0.717) is 28.7 Å². The fourth-order valence-electron chi connectivity index (χ4n) is 2.43. The van der Waals surface area contributed by atoms with Crippen molar-refractivity contribution in [3.63, 3.8) is 0 Å². The van der Waals surface area contributed by atoms with Crippen LogP contribution in [0, 0.1) is 27.7 Å². The Morgan fingerprint density at radius 3 is 2.52 bits per heavy atom. The summed E-state index contributed by atoms with van der Waals surface area (Å²) in [7, 11) is 0. The number of amides is 1. The second-order valence-electron chi connectivity index (χ2n) is 5.38. The van der Waals surface area contributed by atoms with Crippen LogP contribution in [-0.4, -0.2) is 25.7 Å². The van der Waals surface area contributed by atoms with Crippen molar-refractivity contribution in [2.45, 2.75) is 27.7 Å². The van der Waals surface area contributed by atoms with Crippen LogP contribution in [0.2, 0.25) is 0 Å². The molecule has 0 bridgehead atoms. The van der Waals surface area contributed by atoms with E-state index >= 15 is 0 Å². The van der Waals surface area contributed by atoms with E-state index in [9.17, 15) is 4.79 Å². The van der Waals surface area contributed by atoms with Crippen LogP contribution >= 0.6 is 0 Å².